The summed E-state index contributed by atoms with van der Waals surface area (Å²) in [6.07, 6.45) is 4.52. The number of aliphatic imine (C=N–C) groups is 1. The highest BCUT2D eigenvalue weighted by Gasteiger charge is 2.57. The van der Waals surface area contributed by atoms with Crippen molar-refractivity contribution in [3.05, 3.63) is 52.6 Å². The Morgan fingerprint density at radius 1 is 1.13 bits per heavy atom. The molecule has 1 aliphatic carbocycles. The highest BCUT2D eigenvalue weighted by molar-refractivity contribution is 5.96. The molecule has 0 unspecified atom stereocenters. The summed E-state index contributed by atoms with van der Waals surface area (Å²) >= 11 is 0. The fraction of sp³-hybridized carbons (Fsp3) is 0.440. The van der Waals surface area contributed by atoms with Crippen molar-refractivity contribution in [2.24, 2.45) is 17.5 Å². The van der Waals surface area contributed by atoms with Gasteiger partial charge < -0.3 is 4.90 Å². The van der Waals surface area contributed by atoms with Gasteiger partial charge in [0.05, 0.1) is 11.2 Å². The maximum absolute atomic E-state index is 13.7. The lowest BCUT2D eigenvalue weighted by Crippen LogP contribution is -2.64. The van der Waals surface area contributed by atoms with E-state index in [1.807, 2.05) is 36.1 Å². The van der Waals surface area contributed by atoms with Crippen LogP contribution >= 0.6 is 0 Å². The van der Waals surface area contributed by atoms with E-state index >= 15 is 0 Å². The zero-order valence-corrected chi connectivity index (χ0v) is 18.5. The van der Waals surface area contributed by atoms with Gasteiger partial charge in [-0.1, -0.05) is 26.0 Å². The Balaban J connectivity index is 1.43. The molecule has 6 nitrogen and oxygen atoms in total. The standard InChI is InChI=1S/C25H27N5O/c1-24(2)22-13-17-12-20-21(29(4)28-27-20)14-18(17)25(24,3)8-10-30(22)23(31)16-5-6-19-15(11-16)7-9-26-19/h5-6,9,11-12,14,22H,7-8,10,13H2,1-4H3/t22-,25-/m0/s1. The van der Waals surface area contributed by atoms with Gasteiger partial charge in [0, 0.05) is 43.2 Å². The summed E-state index contributed by atoms with van der Waals surface area (Å²) in [5, 5.41) is 8.55. The SMILES string of the molecule is Cn1nnc2cc3c(cc21)[C@]1(C)CCN(C(=O)c2ccc4c(c2)CC=N4)[C@@H](C3)C1(C)C. The van der Waals surface area contributed by atoms with Gasteiger partial charge in [-0.3, -0.25) is 9.79 Å². The van der Waals surface area contributed by atoms with Crippen molar-refractivity contribution in [2.75, 3.05) is 6.54 Å². The molecule has 3 aliphatic rings. The maximum Gasteiger partial charge on any atom is 0.254 e. The third-order valence-corrected chi connectivity index (χ3v) is 8.46. The van der Waals surface area contributed by atoms with Crippen molar-refractivity contribution < 1.29 is 4.79 Å². The van der Waals surface area contributed by atoms with Crippen molar-refractivity contribution in [2.45, 2.75) is 51.5 Å². The molecule has 31 heavy (non-hydrogen) atoms. The van der Waals surface area contributed by atoms with Gasteiger partial charge >= 0.3 is 0 Å². The number of carbonyl (C=O) groups is 1. The van der Waals surface area contributed by atoms with E-state index in [0.29, 0.717) is 0 Å². The number of hydrogen-bond acceptors (Lipinski definition) is 4. The summed E-state index contributed by atoms with van der Waals surface area (Å²) in [6, 6.07) is 10.6. The van der Waals surface area contributed by atoms with Crippen molar-refractivity contribution in [1.29, 1.82) is 0 Å². The largest absolute Gasteiger partial charge is 0.335 e. The second-order valence-corrected chi connectivity index (χ2v) is 10.1. The molecule has 2 aliphatic heterocycles. The summed E-state index contributed by atoms with van der Waals surface area (Å²) in [4.78, 5) is 20.2. The number of benzene rings is 2. The molecule has 1 fully saturated rings. The van der Waals surface area contributed by atoms with Crippen LogP contribution in [0.15, 0.2) is 35.3 Å². The average Bonchev–Trinajstić information content (AvgIpc) is 3.35. The number of likely N-dealkylation sites (tertiary alicyclic amines) is 1. The molecule has 1 amide bonds. The van der Waals surface area contributed by atoms with Crippen molar-refractivity contribution in [3.63, 3.8) is 0 Å². The van der Waals surface area contributed by atoms with E-state index in [-0.39, 0.29) is 22.8 Å². The first-order valence-corrected chi connectivity index (χ1v) is 11.1. The van der Waals surface area contributed by atoms with Gasteiger partial charge in [-0.05, 0) is 65.3 Å². The van der Waals surface area contributed by atoms with Gasteiger partial charge in [0.15, 0.2) is 0 Å². The number of nitrogens with zero attached hydrogens (tertiary/aromatic N) is 5. The van der Waals surface area contributed by atoms with Gasteiger partial charge in [-0.2, -0.15) is 0 Å². The number of rotatable bonds is 1. The molecule has 158 valence electrons. The smallest absolute Gasteiger partial charge is 0.254 e. The molecule has 6 rings (SSSR count). The van der Waals surface area contributed by atoms with Gasteiger partial charge in [0.2, 0.25) is 0 Å². The third kappa shape index (κ3) is 2.39. The monoisotopic (exact) mass is 413 g/mol. The Bertz CT molecular complexity index is 1290. The number of hydrogen-bond donors (Lipinski definition) is 0. The van der Waals surface area contributed by atoms with Crippen molar-refractivity contribution in [3.8, 4) is 0 Å². The van der Waals surface area contributed by atoms with Crippen LogP contribution in [0.25, 0.3) is 11.0 Å². The van der Waals surface area contributed by atoms with E-state index in [1.54, 1.807) is 0 Å². The van der Waals surface area contributed by atoms with Crippen LogP contribution in [-0.4, -0.2) is 44.6 Å². The minimum Gasteiger partial charge on any atom is -0.335 e. The average molecular weight is 414 g/mol. The van der Waals surface area contributed by atoms with Crippen LogP contribution < -0.4 is 0 Å². The highest BCUT2D eigenvalue weighted by Crippen LogP contribution is 2.56. The number of aromatic nitrogens is 3. The Hall–Kier alpha value is -3.02. The molecular weight excluding hydrogens is 386 g/mol. The summed E-state index contributed by atoms with van der Waals surface area (Å²) in [7, 11) is 1.95. The first kappa shape index (κ1) is 18.7. The normalized spacial score (nSPS) is 25.5. The summed E-state index contributed by atoms with van der Waals surface area (Å²) in [5.41, 5.74) is 7.56. The topological polar surface area (TPSA) is 63.4 Å². The Labute approximate surface area is 182 Å². The quantitative estimate of drug-likeness (QED) is 0.606. The lowest BCUT2D eigenvalue weighted by atomic mass is 9.51. The number of carbonyl (C=O) groups excluding carboxylic acids is 1. The molecule has 0 radical (unpaired) electrons. The van der Waals surface area contributed by atoms with E-state index in [2.05, 4.69) is 53.1 Å². The number of fused-ring (bicyclic) bond motifs is 6. The summed E-state index contributed by atoms with van der Waals surface area (Å²) < 4.78 is 1.86. The van der Waals surface area contributed by atoms with Crippen molar-refractivity contribution in [1.82, 2.24) is 19.9 Å². The number of aryl methyl sites for hydroxylation is 1. The molecule has 0 spiro atoms. The molecule has 2 aromatic carbocycles. The predicted octanol–water partition coefficient (Wildman–Crippen LogP) is 3.98. The first-order valence-electron chi connectivity index (χ1n) is 11.1. The molecular formula is C25H27N5O. The summed E-state index contributed by atoms with van der Waals surface area (Å²) in [6.45, 7) is 7.82. The molecule has 2 atom stereocenters. The molecule has 3 heterocycles. The van der Waals surface area contributed by atoms with E-state index in [9.17, 15) is 4.79 Å². The third-order valence-electron chi connectivity index (χ3n) is 8.46. The van der Waals surface area contributed by atoms with E-state index in [4.69, 9.17) is 0 Å². The lowest BCUT2D eigenvalue weighted by Gasteiger charge is -2.60. The van der Waals surface area contributed by atoms with E-state index < -0.39 is 0 Å². The summed E-state index contributed by atoms with van der Waals surface area (Å²) in [5.74, 6) is 0.138. The lowest BCUT2D eigenvalue weighted by molar-refractivity contribution is -0.0261. The Morgan fingerprint density at radius 3 is 2.81 bits per heavy atom. The Morgan fingerprint density at radius 2 is 1.97 bits per heavy atom. The number of amides is 1. The molecule has 3 aromatic rings. The highest BCUT2D eigenvalue weighted by atomic mass is 16.2. The second kappa shape index (κ2) is 6.02. The van der Waals surface area contributed by atoms with E-state index in [1.165, 1.54) is 11.1 Å². The van der Waals surface area contributed by atoms with Crippen LogP contribution in [0.2, 0.25) is 0 Å². The molecule has 1 aromatic heterocycles. The van der Waals surface area contributed by atoms with Crippen molar-refractivity contribution >= 4 is 28.8 Å². The van der Waals surface area contributed by atoms with Crippen LogP contribution in [0.3, 0.4) is 0 Å². The first-order chi connectivity index (χ1) is 14.8. The minimum absolute atomic E-state index is 0.00767. The van der Waals surface area contributed by atoms with Gasteiger partial charge in [-0.15, -0.1) is 5.10 Å². The fourth-order valence-corrected chi connectivity index (χ4v) is 6.10. The predicted molar refractivity (Wildman–Crippen MR) is 121 cm³/mol. The molecule has 2 bridgehead atoms. The molecule has 6 heteroatoms. The van der Waals surface area contributed by atoms with E-state index in [0.717, 1.165) is 53.7 Å². The number of piperidine rings is 1. The minimum atomic E-state index is -0.0482. The van der Waals surface area contributed by atoms with Gasteiger partial charge in [0.25, 0.3) is 5.91 Å². The molecule has 0 N–H and O–H groups in total. The van der Waals surface area contributed by atoms with Crippen LogP contribution in [0.4, 0.5) is 5.69 Å². The fourth-order valence-electron chi connectivity index (χ4n) is 6.10. The zero-order chi connectivity index (χ0) is 21.5. The van der Waals surface area contributed by atoms with Crippen LogP contribution in [0, 0.1) is 5.41 Å². The van der Waals surface area contributed by atoms with Gasteiger partial charge in [0.1, 0.15) is 5.52 Å². The van der Waals surface area contributed by atoms with Crippen LogP contribution in [0.5, 0.6) is 0 Å². The second-order valence-electron chi connectivity index (χ2n) is 10.1. The van der Waals surface area contributed by atoms with Crippen LogP contribution in [0.1, 0.15) is 54.2 Å². The van der Waals surface area contributed by atoms with Crippen LogP contribution in [-0.2, 0) is 25.3 Å². The molecule has 1 saturated heterocycles. The van der Waals surface area contributed by atoms with Gasteiger partial charge in [-0.25, -0.2) is 4.68 Å². The molecule has 0 saturated carbocycles. The maximum atomic E-state index is 13.7. The zero-order valence-electron chi connectivity index (χ0n) is 18.5. The Kier molecular flexibility index (Phi) is 3.64.